The van der Waals surface area contributed by atoms with Gasteiger partial charge in [0.15, 0.2) is 0 Å². The summed E-state index contributed by atoms with van der Waals surface area (Å²) < 4.78 is 5.31. The van der Waals surface area contributed by atoms with E-state index in [1.807, 2.05) is 0 Å². The lowest BCUT2D eigenvalue weighted by molar-refractivity contribution is 0.233. The highest BCUT2D eigenvalue weighted by Gasteiger charge is 2.02. The summed E-state index contributed by atoms with van der Waals surface area (Å²) in [5.41, 5.74) is 5.62. The van der Waals surface area contributed by atoms with Gasteiger partial charge in [-0.1, -0.05) is 6.07 Å². The summed E-state index contributed by atoms with van der Waals surface area (Å²) in [5.74, 6) is 0.747. The van der Waals surface area contributed by atoms with Crippen LogP contribution in [0.4, 0.5) is 0 Å². The Labute approximate surface area is 82.9 Å². The van der Waals surface area contributed by atoms with E-state index in [-0.39, 0.29) is 18.4 Å². The first-order valence-corrected chi connectivity index (χ1v) is 4.50. The first-order chi connectivity index (χ1) is 6.72. The molecule has 0 spiro atoms. The van der Waals surface area contributed by atoms with Gasteiger partial charge in [0.1, 0.15) is 18.1 Å². The Morgan fingerprint density at radius 1 is 1.43 bits per heavy atom. The lowest BCUT2D eigenvalue weighted by Gasteiger charge is -2.11. The molecular formula is C10H15NO3. The van der Waals surface area contributed by atoms with E-state index >= 15 is 0 Å². The van der Waals surface area contributed by atoms with Gasteiger partial charge in [0.2, 0.25) is 0 Å². The van der Waals surface area contributed by atoms with Gasteiger partial charge >= 0.3 is 0 Å². The number of benzene rings is 1. The molecule has 0 bridgehead atoms. The number of aliphatic hydroxyl groups is 1. The molecule has 4 nitrogen and oxygen atoms in total. The maximum Gasteiger partial charge on any atom is 0.123 e. The lowest BCUT2D eigenvalue weighted by Crippen LogP contribution is -2.28. The van der Waals surface area contributed by atoms with Gasteiger partial charge in [-0.25, -0.2) is 0 Å². The van der Waals surface area contributed by atoms with Gasteiger partial charge in [0.25, 0.3) is 0 Å². The molecule has 0 aliphatic rings. The van der Waals surface area contributed by atoms with Crippen LogP contribution in [0.5, 0.6) is 11.5 Å². The minimum atomic E-state index is -0.178. The molecule has 0 amide bonds. The largest absolute Gasteiger partial charge is 0.508 e. The zero-order valence-corrected chi connectivity index (χ0v) is 7.89. The van der Waals surface area contributed by atoms with Crippen molar-refractivity contribution in [2.24, 2.45) is 5.73 Å². The number of nitrogens with two attached hydrogens (primary N) is 1. The Bertz CT molecular complexity index is 278. The summed E-state index contributed by atoms with van der Waals surface area (Å²) in [6, 6.07) is 6.35. The van der Waals surface area contributed by atoms with E-state index in [9.17, 15) is 0 Å². The van der Waals surface area contributed by atoms with Crippen LogP contribution in [0.1, 0.15) is 6.42 Å². The van der Waals surface area contributed by atoms with Gasteiger partial charge in [-0.2, -0.15) is 0 Å². The molecule has 0 aromatic heterocycles. The van der Waals surface area contributed by atoms with Crippen LogP contribution in [-0.2, 0) is 0 Å². The zero-order chi connectivity index (χ0) is 10.4. The molecule has 78 valence electrons. The van der Waals surface area contributed by atoms with Crippen LogP contribution in [-0.4, -0.2) is 29.5 Å². The second-order valence-corrected chi connectivity index (χ2v) is 3.08. The summed E-state index contributed by atoms with van der Waals surface area (Å²) in [7, 11) is 0. The van der Waals surface area contributed by atoms with Gasteiger partial charge in [-0.05, 0) is 18.6 Å². The molecule has 1 rings (SSSR count). The second-order valence-electron chi connectivity index (χ2n) is 3.08. The molecule has 1 aromatic rings. The monoisotopic (exact) mass is 197 g/mol. The van der Waals surface area contributed by atoms with E-state index in [0.29, 0.717) is 18.8 Å². The average molecular weight is 197 g/mol. The van der Waals surface area contributed by atoms with E-state index < -0.39 is 0 Å². The zero-order valence-electron chi connectivity index (χ0n) is 7.89. The number of hydrogen-bond acceptors (Lipinski definition) is 4. The fraction of sp³-hybridized carbons (Fsp3) is 0.400. The SMILES string of the molecule is NC(CCO)COc1cccc(O)c1. The Kier molecular flexibility index (Phi) is 4.22. The molecule has 4 heteroatoms. The fourth-order valence-electron chi connectivity index (χ4n) is 1.03. The van der Waals surface area contributed by atoms with E-state index in [1.165, 1.54) is 6.07 Å². The standard InChI is InChI=1S/C10H15NO3/c11-8(4-5-12)7-14-10-3-1-2-9(13)6-10/h1-3,6,8,12-13H,4-5,7,11H2. The van der Waals surface area contributed by atoms with Crippen molar-refractivity contribution < 1.29 is 14.9 Å². The Balaban J connectivity index is 2.37. The molecule has 0 radical (unpaired) electrons. The van der Waals surface area contributed by atoms with Crippen molar-refractivity contribution in [1.82, 2.24) is 0 Å². The topological polar surface area (TPSA) is 75.7 Å². The molecular weight excluding hydrogens is 182 g/mol. The molecule has 0 aliphatic carbocycles. The van der Waals surface area contributed by atoms with Crippen molar-refractivity contribution in [1.29, 1.82) is 0 Å². The van der Waals surface area contributed by atoms with Crippen molar-refractivity contribution in [3.05, 3.63) is 24.3 Å². The van der Waals surface area contributed by atoms with Gasteiger partial charge in [0.05, 0.1) is 0 Å². The highest BCUT2D eigenvalue weighted by molar-refractivity contribution is 5.31. The number of hydrogen-bond donors (Lipinski definition) is 3. The average Bonchev–Trinajstić information content (AvgIpc) is 2.15. The molecule has 0 heterocycles. The fourth-order valence-corrected chi connectivity index (χ4v) is 1.03. The number of aromatic hydroxyl groups is 1. The van der Waals surface area contributed by atoms with Crippen LogP contribution in [0, 0.1) is 0 Å². The van der Waals surface area contributed by atoms with Crippen LogP contribution in [0.2, 0.25) is 0 Å². The molecule has 14 heavy (non-hydrogen) atoms. The van der Waals surface area contributed by atoms with Crippen molar-refractivity contribution in [3.8, 4) is 11.5 Å². The molecule has 1 unspecified atom stereocenters. The number of phenolic OH excluding ortho intramolecular Hbond substituents is 1. The predicted octanol–water partition coefficient (Wildman–Crippen LogP) is 0.481. The quantitative estimate of drug-likeness (QED) is 0.641. The van der Waals surface area contributed by atoms with Gasteiger partial charge in [0, 0.05) is 18.7 Å². The van der Waals surface area contributed by atoms with Crippen molar-refractivity contribution >= 4 is 0 Å². The van der Waals surface area contributed by atoms with Crippen molar-refractivity contribution in [2.75, 3.05) is 13.2 Å². The lowest BCUT2D eigenvalue weighted by atomic mass is 10.2. The van der Waals surface area contributed by atoms with Crippen LogP contribution in [0.3, 0.4) is 0 Å². The Morgan fingerprint density at radius 3 is 2.86 bits per heavy atom. The maximum absolute atomic E-state index is 9.13. The highest BCUT2D eigenvalue weighted by atomic mass is 16.5. The number of rotatable bonds is 5. The van der Waals surface area contributed by atoms with Crippen LogP contribution in [0.25, 0.3) is 0 Å². The predicted molar refractivity (Wildman–Crippen MR) is 53.3 cm³/mol. The Hall–Kier alpha value is -1.26. The number of ether oxygens (including phenoxy) is 1. The number of aliphatic hydroxyl groups excluding tert-OH is 1. The molecule has 1 atom stereocenters. The van der Waals surface area contributed by atoms with E-state index in [0.717, 1.165) is 0 Å². The maximum atomic E-state index is 9.13. The third kappa shape index (κ3) is 3.64. The van der Waals surface area contributed by atoms with Crippen LogP contribution >= 0.6 is 0 Å². The first-order valence-electron chi connectivity index (χ1n) is 4.50. The van der Waals surface area contributed by atoms with E-state index in [4.69, 9.17) is 20.7 Å². The second kappa shape index (κ2) is 5.47. The first kappa shape index (κ1) is 10.8. The minimum Gasteiger partial charge on any atom is -0.508 e. The molecule has 0 fully saturated rings. The minimum absolute atomic E-state index is 0.0601. The molecule has 1 aromatic carbocycles. The molecule has 0 saturated carbocycles. The van der Waals surface area contributed by atoms with Crippen molar-refractivity contribution in [3.63, 3.8) is 0 Å². The normalized spacial score (nSPS) is 12.4. The van der Waals surface area contributed by atoms with Gasteiger partial charge in [-0.15, -0.1) is 0 Å². The van der Waals surface area contributed by atoms with Gasteiger partial charge in [-0.3, -0.25) is 0 Å². The summed E-state index contributed by atoms with van der Waals surface area (Å²) in [6.45, 7) is 0.397. The van der Waals surface area contributed by atoms with Gasteiger partial charge < -0.3 is 20.7 Å². The van der Waals surface area contributed by atoms with E-state index in [1.54, 1.807) is 18.2 Å². The van der Waals surface area contributed by atoms with Crippen molar-refractivity contribution in [2.45, 2.75) is 12.5 Å². The third-order valence-corrected chi connectivity index (χ3v) is 1.78. The highest BCUT2D eigenvalue weighted by Crippen LogP contribution is 2.17. The molecule has 4 N–H and O–H groups in total. The third-order valence-electron chi connectivity index (χ3n) is 1.78. The summed E-state index contributed by atoms with van der Waals surface area (Å²) in [6.07, 6.45) is 0.513. The summed E-state index contributed by atoms with van der Waals surface area (Å²) in [5, 5.41) is 17.7. The smallest absolute Gasteiger partial charge is 0.123 e. The summed E-state index contributed by atoms with van der Waals surface area (Å²) in [4.78, 5) is 0. The van der Waals surface area contributed by atoms with Crippen LogP contribution in [0.15, 0.2) is 24.3 Å². The molecule has 0 aliphatic heterocycles. The van der Waals surface area contributed by atoms with E-state index in [2.05, 4.69) is 0 Å². The number of phenols is 1. The molecule has 0 saturated heterocycles. The summed E-state index contributed by atoms with van der Waals surface area (Å²) >= 11 is 0. The Morgan fingerprint density at radius 2 is 2.21 bits per heavy atom. The van der Waals surface area contributed by atoms with Crippen LogP contribution < -0.4 is 10.5 Å².